The van der Waals surface area contributed by atoms with Crippen LogP contribution in [-0.4, -0.2) is 29.5 Å². The van der Waals surface area contributed by atoms with Crippen molar-refractivity contribution in [1.82, 2.24) is 4.90 Å². The normalized spacial score (nSPS) is 24.3. The maximum Gasteiger partial charge on any atom is 0.274 e. The van der Waals surface area contributed by atoms with Crippen LogP contribution < -0.4 is 5.73 Å². The molecule has 0 saturated carbocycles. The maximum absolute atomic E-state index is 11.3. The summed E-state index contributed by atoms with van der Waals surface area (Å²) in [5, 5.41) is 11.3. The Morgan fingerprint density at radius 2 is 2.15 bits per heavy atom. The topological polar surface area (TPSA) is 72.4 Å². The standard InChI is InChI=1S/C15H23N3O2/c1-2-17-10-6-5-7-12(11-16)15(17)13-8-3-4-9-14(13)18(19)20/h3-4,8-9,12,15H,2,5-7,10-11,16H2,1H3. The Kier molecular flexibility index (Phi) is 5.09. The van der Waals surface area contributed by atoms with Crippen molar-refractivity contribution in [2.75, 3.05) is 19.6 Å². The fraction of sp³-hybridized carbons (Fsp3) is 0.600. The van der Waals surface area contributed by atoms with Gasteiger partial charge in [0.25, 0.3) is 5.69 Å². The quantitative estimate of drug-likeness (QED) is 0.678. The van der Waals surface area contributed by atoms with E-state index in [0.29, 0.717) is 12.5 Å². The Morgan fingerprint density at radius 3 is 2.80 bits per heavy atom. The fourth-order valence-electron chi connectivity index (χ4n) is 3.27. The average molecular weight is 277 g/mol. The van der Waals surface area contributed by atoms with Gasteiger partial charge in [0.15, 0.2) is 0 Å². The van der Waals surface area contributed by atoms with Gasteiger partial charge in [-0.15, -0.1) is 0 Å². The minimum atomic E-state index is -0.276. The third kappa shape index (κ3) is 2.99. The van der Waals surface area contributed by atoms with E-state index in [1.54, 1.807) is 12.1 Å². The zero-order valence-corrected chi connectivity index (χ0v) is 12.0. The van der Waals surface area contributed by atoms with Crippen LogP contribution in [0.5, 0.6) is 0 Å². The molecule has 0 bridgehead atoms. The van der Waals surface area contributed by atoms with Crippen molar-refractivity contribution in [3.63, 3.8) is 0 Å². The van der Waals surface area contributed by atoms with E-state index in [0.717, 1.165) is 37.9 Å². The van der Waals surface area contributed by atoms with E-state index in [2.05, 4.69) is 11.8 Å². The van der Waals surface area contributed by atoms with Crippen molar-refractivity contribution in [2.45, 2.75) is 32.2 Å². The van der Waals surface area contributed by atoms with Gasteiger partial charge in [0, 0.05) is 17.7 Å². The molecule has 1 fully saturated rings. The van der Waals surface area contributed by atoms with Gasteiger partial charge in [-0.3, -0.25) is 15.0 Å². The Balaban J connectivity index is 2.46. The van der Waals surface area contributed by atoms with Gasteiger partial charge in [-0.1, -0.05) is 31.5 Å². The monoisotopic (exact) mass is 277 g/mol. The number of benzene rings is 1. The summed E-state index contributed by atoms with van der Waals surface area (Å²) in [6, 6.07) is 7.16. The lowest BCUT2D eigenvalue weighted by Crippen LogP contribution is -2.35. The molecular weight excluding hydrogens is 254 g/mol. The number of likely N-dealkylation sites (tertiary alicyclic amines) is 1. The van der Waals surface area contributed by atoms with Crippen LogP contribution in [0.15, 0.2) is 24.3 Å². The molecule has 5 heteroatoms. The predicted octanol–water partition coefficient (Wildman–Crippen LogP) is 2.72. The summed E-state index contributed by atoms with van der Waals surface area (Å²) in [4.78, 5) is 13.4. The number of hydrogen-bond donors (Lipinski definition) is 1. The highest BCUT2D eigenvalue weighted by Gasteiger charge is 2.33. The summed E-state index contributed by atoms with van der Waals surface area (Å²) in [5.74, 6) is 0.290. The van der Waals surface area contributed by atoms with E-state index in [4.69, 9.17) is 5.73 Å². The van der Waals surface area contributed by atoms with Crippen molar-refractivity contribution in [3.8, 4) is 0 Å². The zero-order chi connectivity index (χ0) is 14.5. The molecule has 1 aromatic carbocycles. The van der Waals surface area contributed by atoms with Crippen LogP contribution in [0.25, 0.3) is 0 Å². The van der Waals surface area contributed by atoms with Gasteiger partial charge in [0.2, 0.25) is 0 Å². The third-order valence-electron chi connectivity index (χ3n) is 4.27. The Bertz CT molecular complexity index is 450. The van der Waals surface area contributed by atoms with Crippen molar-refractivity contribution < 1.29 is 4.92 Å². The van der Waals surface area contributed by atoms with E-state index in [9.17, 15) is 10.1 Å². The summed E-state index contributed by atoms with van der Waals surface area (Å²) in [6.45, 7) is 4.57. The molecule has 0 aliphatic carbocycles. The lowest BCUT2D eigenvalue weighted by Gasteiger charge is -2.33. The highest BCUT2D eigenvalue weighted by Crippen LogP contribution is 2.38. The molecule has 0 spiro atoms. The second kappa shape index (κ2) is 6.81. The van der Waals surface area contributed by atoms with E-state index in [-0.39, 0.29) is 16.7 Å². The Labute approximate surface area is 119 Å². The summed E-state index contributed by atoms with van der Waals surface area (Å²) in [6.07, 6.45) is 3.33. The summed E-state index contributed by atoms with van der Waals surface area (Å²) in [5.41, 5.74) is 6.98. The first-order valence-electron chi connectivity index (χ1n) is 7.36. The molecule has 2 unspecified atom stereocenters. The fourth-order valence-corrected chi connectivity index (χ4v) is 3.27. The molecule has 20 heavy (non-hydrogen) atoms. The molecule has 1 saturated heterocycles. The van der Waals surface area contributed by atoms with E-state index < -0.39 is 0 Å². The minimum Gasteiger partial charge on any atom is -0.330 e. The maximum atomic E-state index is 11.3. The van der Waals surface area contributed by atoms with Crippen molar-refractivity contribution in [3.05, 3.63) is 39.9 Å². The van der Waals surface area contributed by atoms with Crippen LogP contribution >= 0.6 is 0 Å². The van der Waals surface area contributed by atoms with Gasteiger partial charge in [-0.05, 0) is 38.4 Å². The highest BCUT2D eigenvalue weighted by atomic mass is 16.6. The van der Waals surface area contributed by atoms with Crippen LogP contribution in [0.1, 0.15) is 37.8 Å². The first-order valence-corrected chi connectivity index (χ1v) is 7.36. The van der Waals surface area contributed by atoms with Crippen molar-refractivity contribution in [1.29, 1.82) is 0 Å². The molecule has 0 aromatic heterocycles. The number of nitro benzene ring substituents is 1. The molecule has 1 heterocycles. The molecule has 110 valence electrons. The zero-order valence-electron chi connectivity index (χ0n) is 12.0. The molecule has 1 aliphatic rings. The van der Waals surface area contributed by atoms with Crippen LogP contribution in [-0.2, 0) is 0 Å². The second-order valence-electron chi connectivity index (χ2n) is 5.38. The molecule has 2 rings (SSSR count). The minimum absolute atomic E-state index is 0.0640. The summed E-state index contributed by atoms with van der Waals surface area (Å²) in [7, 11) is 0. The van der Waals surface area contributed by atoms with Crippen LogP contribution in [0.3, 0.4) is 0 Å². The number of nitrogens with zero attached hydrogens (tertiary/aromatic N) is 2. The number of para-hydroxylation sites is 1. The number of nitro groups is 1. The molecule has 0 radical (unpaired) electrons. The largest absolute Gasteiger partial charge is 0.330 e. The molecule has 1 aromatic rings. The molecular formula is C15H23N3O2. The van der Waals surface area contributed by atoms with E-state index in [1.807, 2.05) is 12.1 Å². The predicted molar refractivity (Wildman–Crippen MR) is 79.5 cm³/mol. The van der Waals surface area contributed by atoms with Gasteiger partial charge >= 0.3 is 0 Å². The summed E-state index contributed by atoms with van der Waals surface area (Å²) >= 11 is 0. The number of nitrogens with two attached hydrogens (primary N) is 1. The van der Waals surface area contributed by atoms with Gasteiger partial charge < -0.3 is 5.73 Å². The van der Waals surface area contributed by atoms with Gasteiger partial charge in [0.1, 0.15) is 0 Å². The highest BCUT2D eigenvalue weighted by molar-refractivity contribution is 5.42. The number of rotatable bonds is 4. The van der Waals surface area contributed by atoms with Gasteiger partial charge in [-0.2, -0.15) is 0 Å². The Hall–Kier alpha value is -1.46. The SMILES string of the molecule is CCN1CCCCC(CN)C1c1ccccc1[N+](=O)[O-]. The van der Waals surface area contributed by atoms with Crippen molar-refractivity contribution >= 4 is 5.69 Å². The third-order valence-corrected chi connectivity index (χ3v) is 4.27. The van der Waals surface area contributed by atoms with E-state index >= 15 is 0 Å². The smallest absolute Gasteiger partial charge is 0.274 e. The number of hydrogen-bond acceptors (Lipinski definition) is 4. The molecule has 2 N–H and O–H groups in total. The molecule has 1 aliphatic heterocycles. The molecule has 5 nitrogen and oxygen atoms in total. The molecule has 0 amide bonds. The van der Waals surface area contributed by atoms with Crippen molar-refractivity contribution in [2.24, 2.45) is 11.7 Å². The first-order chi connectivity index (χ1) is 9.69. The average Bonchev–Trinajstić information content (AvgIpc) is 2.68. The van der Waals surface area contributed by atoms with Gasteiger partial charge in [-0.25, -0.2) is 0 Å². The lowest BCUT2D eigenvalue weighted by molar-refractivity contribution is -0.386. The lowest BCUT2D eigenvalue weighted by atomic mass is 9.88. The van der Waals surface area contributed by atoms with Crippen LogP contribution in [0.4, 0.5) is 5.69 Å². The van der Waals surface area contributed by atoms with Crippen LogP contribution in [0, 0.1) is 16.0 Å². The second-order valence-corrected chi connectivity index (χ2v) is 5.38. The van der Waals surface area contributed by atoms with Gasteiger partial charge in [0.05, 0.1) is 4.92 Å². The molecule has 2 atom stereocenters. The summed E-state index contributed by atoms with van der Waals surface area (Å²) < 4.78 is 0. The van der Waals surface area contributed by atoms with Crippen LogP contribution in [0.2, 0.25) is 0 Å². The Morgan fingerprint density at radius 1 is 1.40 bits per heavy atom. The first kappa shape index (κ1) is 14.9. The van der Waals surface area contributed by atoms with E-state index in [1.165, 1.54) is 0 Å².